The number of halogens is 2. The van der Waals surface area contributed by atoms with Crippen LogP contribution in [0.4, 0.5) is 4.39 Å². The molecule has 1 atom stereocenters. The number of carbonyl (C=O) groups is 1. The molecule has 0 fully saturated rings. The molecule has 26 heavy (non-hydrogen) atoms. The highest BCUT2D eigenvalue weighted by Crippen LogP contribution is 2.25. The molecule has 1 aliphatic heterocycles. The van der Waals surface area contributed by atoms with Crippen molar-refractivity contribution < 1.29 is 9.18 Å². The first-order valence-corrected chi connectivity index (χ1v) is 8.78. The Kier molecular flexibility index (Phi) is 5.27. The standard InChI is InChI=1S/C18H20ClFN4O2/c1-11(2)9-21-17(25)12-5-4-8-23-16(12)22-24(18(23)26)10-13-14(19)6-3-7-15(13)20/h3,6-7,12H,1,4-5,8-10H2,2H3,(H,21,25). The normalized spacial score (nSPS) is 16.2. The highest BCUT2D eigenvalue weighted by Gasteiger charge is 2.31. The molecule has 1 aliphatic rings. The molecule has 0 radical (unpaired) electrons. The van der Waals surface area contributed by atoms with Crippen molar-refractivity contribution >= 4 is 17.5 Å². The largest absolute Gasteiger partial charge is 0.352 e. The van der Waals surface area contributed by atoms with E-state index in [1.54, 1.807) is 6.07 Å². The highest BCUT2D eigenvalue weighted by atomic mass is 35.5. The second-order valence-electron chi connectivity index (χ2n) is 6.52. The average Bonchev–Trinajstić information content (AvgIpc) is 2.92. The molecule has 0 saturated heterocycles. The lowest BCUT2D eigenvalue weighted by atomic mass is 9.98. The summed E-state index contributed by atoms with van der Waals surface area (Å²) in [5, 5.41) is 7.36. The van der Waals surface area contributed by atoms with Crippen LogP contribution in [-0.4, -0.2) is 26.8 Å². The minimum atomic E-state index is -0.506. The molecule has 0 bridgehead atoms. The number of nitrogens with one attached hydrogen (secondary N) is 1. The van der Waals surface area contributed by atoms with Crippen LogP contribution in [0.15, 0.2) is 35.1 Å². The molecule has 2 aromatic rings. The molecule has 1 N–H and O–H groups in total. The quantitative estimate of drug-likeness (QED) is 0.812. The zero-order chi connectivity index (χ0) is 18.8. The van der Waals surface area contributed by atoms with Gasteiger partial charge in [-0.3, -0.25) is 9.36 Å². The predicted molar refractivity (Wildman–Crippen MR) is 96.8 cm³/mol. The number of carbonyl (C=O) groups excluding carboxylic acids is 1. The number of hydrogen-bond acceptors (Lipinski definition) is 3. The summed E-state index contributed by atoms with van der Waals surface area (Å²) in [6.07, 6.45) is 1.31. The number of benzene rings is 1. The molecule has 0 saturated carbocycles. The van der Waals surface area contributed by atoms with E-state index in [0.717, 1.165) is 5.57 Å². The molecular weight excluding hydrogens is 359 g/mol. The Morgan fingerprint density at radius 1 is 1.50 bits per heavy atom. The van der Waals surface area contributed by atoms with Crippen LogP contribution in [0.25, 0.3) is 0 Å². The van der Waals surface area contributed by atoms with Crippen molar-refractivity contribution in [1.82, 2.24) is 19.7 Å². The van der Waals surface area contributed by atoms with Crippen LogP contribution in [0.2, 0.25) is 5.02 Å². The minimum Gasteiger partial charge on any atom is -0.352 e. The average molecular weight is 379 g/mol. The van der Waals surface area contributed by atoms with E-state index < -0.39 is 11.7 Å². The lowest BCUT2D eigenvalue weighted by Gasteiger charge is -2.21. The number of aromatic nitrogens is 3. The molecule has 138 valence electrons. The molecule has 1 aromatic heterocycles. The van der Waals surface area contributed by atoms with E-state index in [1.165, 1.54) is 21.4 Å². The van der Waals surface area contributed by atoms with Crippen molar-refractivity contribution in [2.45, 2.75) is 38.8 Å². The van der Waals surface area contributed by atoms with Gasteiger partial charge in [-0.1, -0.05) is 29.8 Å². The van der Waals surface area contributed by atoms with E-state index >= 15 is 0 Å². The summed E-state index contributed by atoms with van der Waals surface area (Å²) in [7, 11) is 0. The Labute approximate surface area is 155 Å². The van der Waals surface area contributed by atoms with Crippen molar-refractivity contribution in [1.29, 1.82) is 0 Å². The Bertz CT molecular complexity index is 898. The molecule has 3 rings (SSSR count). The summed E-state index contributed by atoms with van der Waals surface area (Å²) in [5.74, 6) is -0.776. The lowest BCUT2D eigenvalue weighted by molar-refractivity contribution is -0.123. The van der Waals surface area contributed by atoms with Gasteiger partial charge in [0.05, 0.1) is 12.5 Å². The molecule has 1 unspecified atom stereocenters. The van der Waals surface area contributed by atoms with Gasteiger partial charge in [-0.2, -0.15) is 5.10 Å². The fourth-order valence-corrected chi connectivity index (χ4v) is 3.28. The zero-order valence-electron chi connectivity index (χ0n) is 14.5. The fraction of sp³-hybridized carbons (Fsp3) is 0.389. The Balaban J connectivity index is 1.91. The second kappa shape index (κ2) is 7.45. The van der Waals surface area contributed by atoms with Crippen LogP contribution in [0, 0.1) is 5.82 Å². The molecule has 1 amide bonds. The van der Waals surface area contributed by atoms with Crippen molar-refractivity contribution in [2.24, 2.45) is 0 Å². The van der Waals surface area contributed by atoms with Crippen LogP contribution in [0.5, 0.6) is 0 Å². The third kappa shape index (κ3) is 3.58. The van der Waals surface area contributed by atoms with Gasteiger partial charge in [-0.25, -0.2) is 13.9 Å². The number of fused-ring (bicyclic) bond motifs is 1. The highest BCUT2D eigenvalue weighted by molar-refractivity contribution is 6.31. The number of hydrogen-bond donors (Lipinski definition) is 1. The molecule has 8 heteroatoms. The molecule has 0 aliphatic carbocycles. The first kappa shape index (κ1) is 18.4. The van der Waals surface area contributed by atoms with Gasteiger partial charge in [0.25, 0.3) is 0 Å². The van der Waals surface area contributed by atoms with Gasteiger partial charge < -0.3 is 5.32 Å². The number of nitrogens with zero attached hydrogens (tertiary/aromatic N) is 3. The van der Waals surface area contributed by atoms with Crippen molar-refractivity contribution in [3.05, 3.63) is 63.1 Å². The second-order valence-corrected chi connectivity index (χ2v) is 6.93. The van der Waals surface area contributed by atoms with Gasteiger partial charge in [-0.05, 0) is 31.9 Å². The Morgan fingerprint density at radius 2 is 2.27 bits per heavy atom. The maximum absolute atomic E-state index is 14.0. The summed E-state index contributed by atoms with van der Waals surface area (Å²) in [4.78, 5) is 25.1. The van der Waals surface area contributed by atoms with Gasteiger partial charge in [0.15, 0.2) is 0 Å². The maximum atomic E-state index is 14.0. The minimum absolute atomic E-state index is 0.0789. The van der Waals surface area contributed by atoms with E-state index in [4.69, 9.17) is 11.6 Å². The van der Waals surface area contributed by atoms with Crippen LogP contribution in [-0.2, 0) is 17.9 Å². The van der Waals surface area contributed by atoms with Gasteiger partial charge >= 0.3 is 5.69 Å². The topological polar surface area (TPSA) is 68.9 Å². The monoisotopic (exact) mass is 378 g/mol. The SMILES string of the molecule is C=C(C)CNC(=O)C1CCCn2c1nn(Cc1c(F)cccc1Cl)c2=O. The molecule has 0 spiro atoms. The molecule has 2 heterocycles. The summed E-state index contributed by atoms with van der Waals surface area (Å²) in [6.45, 7) is 6.37. The maximum Gasteiger partial charge on any atom is 0.346 e. The van der Waals surface area contributed by atoms with E-state index in [-0.39, 0.29) is 28.7 Å². The summed E-state index contributed by atoms with van der Waals surface area (Å²) >= 11 is 6.05. The molecule has 1 aromatic carbocycles. The van der Waals surface area contributed by atoms with Crippen LogP contribution >= 0.6 is 11.6 Å². The fourth-order valence-electron chi connectivity index (χ4n) is 3.05. The third-order valence-electron chi connectivity index (χ3n) is 4.39. The predicted octanol–water partition coefficient (Wildman–Crippen LogP) is 2.46. The van der Waals surface area contributed by atoms with Gasteiger partial charge in [-0.15, -0.1) is 0 Å². The summed E-state index contributed by atoms with van der Waals surface area (Å²) in [5.41, 5.74) is 0.679. The van der Waals surface area contributed by atoms with E-state index in [2.05, 4.69) is 17.0 Å². The van der Waals surface area contributed by atoms with Crippen molar-refractivity contribution in [3.8, 4) is 0 Å². The summed E-state index contributed by atoms with van der Waals surface area (Å²) < 4.78 is 16.7. The Morgan fingerprint density at radius 3 is 2.96 bits per heavy atom. The smallest absolute Gasteiger partial charge is 0.346 e. The van der Waals surface area contributed by atoms with E-state index in [0.29, 0.717) is 31.8 Å². The van der Waals surface area contributed by atoms with Gasteiger partial charge in [0, 0.05) is 23.7 Å². The first-order chi connectivity index (χ1) is 12.4. The van der Waals surface area contributed by atoms with Crippen LogP contribution < -0.4 is 11.0 Å². The van der Waals surface area contributed by atoms with Crippen LogP contribution in [0.3, 0.4) is 0 Å². The van der Waals surface area contributed by atoms with Gasteiger partial charge in [0.1, 0.15) is 11.6 Å². The van der Waals surface area contributed by atoms with Crippen molar-refractivity contribution in [2.75, 3.05) is 6.54 Å². The Hall–Kier alpha value is -2.41. The first-order valence-electron chi connectivity index (χ1n) is 8.41. The molecular formula is C18H20ClFN4O2. The lowest BCUT2D eigenvalue weighted by Crippen LogP contribution is -2.35. The number of amides is 1. The van der Waals surface area contributed by atoms with Crippen molar-refractivity contribution in [3.63, 3.8) is 0 Å². The summed E-state index contributed by atoms with van der Waals surface area (Å²) in [6, 6.07) is 4.36. The third-order valence-corrected chi connectivity index (χ3v) is 4.74. The van der Waals surface area contributed by atoms with Crippen LogP contribution in [0.1, 0.15) is 37.1 Å². The molecule has 6 nitrogen and oxygen atoms in total. The zero-order valence-corrected chi connectivity index (χ0v) is 15.2. The van der Waals surface area contributed by atoms with E-state index in [9.17, 15) is 14.0 Å². The van der Waals surface area contributed by atoms with Gasteiger partial charge in [0.2, 0.25) is 5.91 Å². The number of rotatable bonds is 5. The van der Waals surface area contributed by atoms with E-state index in [1.807, 2.05) is 6.92 Å².